The van der Waals surface area contributed by atoms with Crippen LogP contribution in [0.1, 0.15) is 79.6 Å². The standard InChI is InChI=1S/C25H42O4/c1-15-8-9-25-16(2)6-7-17(25)20-22(3,12-18(15)25)10-11-23(20,4)13-19(27)21(28)24(5,29)14-26/h12,15-17,19-21,26-29H,6-11,13-14H2,1-5H3/t15-,16?,17?,19-,20?,21-,22?,23+,24-,25+/m0/s1. The molecule has 0 heterocycles. The molecule has 29 heavy (non-hydrogen) atoms. The van der Waals surface area contributed by atoms with Crippen molar-refractivity contribution in [2.24, 2.45) is 39.9 Å². The van der Waals surface area contributed by atoms with Gasteiger partial charge in [0.2, 0.25) is 0 Å². The van der Waals surface area contributed by atoms with Crippen LogP contribution in [0.3, 0.4) is 0 Å². The highest BCUT2D eigenvalue weighted by atomic mass is 16.4. The highest BCUT2D eigenvalue weighted by Crippen LogP contribution is 2.74. The second-order valence-corrected chi connectivity index (χ2v) is 12.0. The number of rotatable bonds is 5. The minimum Gasteiger partial charge on any atom is -0.393 e. The summed E-state index contributed by atoms with van der Waals surface area (Å²) in [5.41, 5.74) is 0.483. The molecule has 4 rings (SSSR count). The number of aliphatic hydroxyl groups is 4. The fourth-order valence-electron chi connectivity index (χ4n) is 8.65. The van der Waals surface area contributed by atoms with E-state index in [0.29, 0.717) is 29.6 Å². The average molecular weight is 407 g/mol. The average Bonchev–Trinajstić information content (AvgIpc) is 3.25. The van der Waals surface area contributed by atoms with E-state index in [0.717, 1.165) is 18.8 Å². The predicted molar refractivity (Wildman–Crippen MR) is 114 cm³/mol. The van der Waals surface area contributed by atoms with Crippen molar-refractivity contribution in [2.75, 3.05) is 6.61 Å². The lowest BCUT2D eigenvalue weighted by molar-refractivity contribution is -0.147. The smallest absolute Gasteiger partial charge is 0.113 e. The van der Waals surface area contributed by atoms with Crippen molar-refractivity contribution in [3.8, 4) is 0 Å². The van der Waals surface area contributed by atoms with E-state index in [4.69, 9.17) is 0 Å². The molecular formula is C25H42O4. The van der Waals surface area contributed by atoms with Crippen molar-refractivity contribution in [3.05, 3.63) is 11.6 Å². The Bertz CT molecular complexity index is 686. The summed E-state index contributed by atoms with van der Waals surface area (Å²) in [6.07, 6.45) is 8.10. The Hall–Kier alpha value is -0.420. The van der Waals surface area contributed by atoms with Crippen molar-refractivity contribution in [1.82, 2.24) is 0 Å². The molecule has 3 fully saturated rings. The summed E-state index contributed by atoms with van der Waals surface area (Å²) in [6.45, 7) is 10.4. The maximum Gasteiger partial charge on any atom is 0.113 e. The Morgan fingerprint density at radius 1 is 1.10 bits per heavy atom. The van der Waals surface area contributed by atoms with Gasteiger partial charge in [0, 0.05) is 0 Å². The maximum absolute atomic E-state index is 10.9. The lowest BCUT2D eigenvalue weighted by Gasteiger charge is -2.54. The Balaban J connectivity index is 1.69. The van der Waals surface area contributed by atoms with Gasteiger partial charge in [-0.1, -0.05) is 39.3 Å². The SMILES string of the molecule is CC1CCC2C3C(C)(C=C4[C@@H](C)CC[C@@]412)CC[C@]3(C)C[C@H](O)[C@H](O)[C@@](C)(O)CO. The summed E-state index contributed by atoms with van der Waals surface area (Å²) in [5, 5.41) is 41.1. The fourth-order valence-corrected chi connectivity index (χ4v) is 8.65. The van der Waals surface area contributed by atoms with Crippen LogP contribution < -0.4 is 0 Å². The first-order chi connectivity index (χ1) is 13.4. The summed E-state index contributed by atoms with van der Waals surface area (Å²) in [4.78, 5) is 0. The molecule has 4 heteroatoms. The fraction of sp³-hybridized carbons (Fsp3) is 0.920. The van der Waals surface area contributed by atoms with Crippen molar-refractivity contribution >= 4 is 0 Å². The Morgan fingerprint density at radius 3 is 2.45 bits per heavy atom. The molecule has 0 amide bonds. The molecule has 0 radical (unpaired) electrons. The topological polar surface area (TPSA) is 80.9 Å². The number of hydrogen-bond donors (Lipinski definition) is 4. The monoisotopic (exact) mass is 406 g/mol. The molecule has 0 aromatic carbocycles. The van der Waals surface area contributed by atoms with Crippen molar-refractivity contribution in [1.29, 1.82) is 0 Å². The lowest BCUT2D eigenvalue weighted by Crippen LogP contribution is -2.53. The van der Waals surface area contributed by atoms with Gasteiger partial charge in [-0.2, -0.15) is 0 Å². The van der Waals surface area contributed by atoms with Crippen molar-refractivity contribution in [3.63, 3.8) is 0 Å². The van der Waals surface area contributed by atoms with Gasteiger partial charge in [0.25, 0.3) is 0 Å². The molecule has 4 aliphatic carbocycles. The molecule has 1 spiro atoms. The van der Waals surface area contributed by atoms with Gasteiger partial charge in [-0.05, 0) is 91.8 Å². The summed E-state index contributed by atoms with van der Waals surface area (Å²) in [6, 6.07) is 0. The first-order valence-electron chi connectivity index (χ1n) is 11.8. The number of allylic oxidation sites excluding steroid dienone is 2. The normalized spacial score (nSPS) is 50.3. The molecule has 4 unspecified atom stereocenters. The van der Waals surface area contributed by atoms with Gasteiger partial charge < -0.3 is 20.4 Å². The molecule has 3 saturated carbocycles. The molecule has 4 aliphatic rings. The summed E-state index contributed by atoms with van der Waals surface area (Å²) in [5.74, 6) is 2.57. The van der Waals surface area contributed by atoms with Crippen LogP contribution in [-0.2, 0) is 0 Å². The van der Waals surface area contributed by atoms with E-state index in [2.05, 4.69) is 33.8 Å². The minimum absolute atomic E-state index is 0.0731. The van der Waals surface area contributed by atoms with Gasteiger partial charge in [0.1, 0.15) is 11.7 Å². The first kappa shape index (κ1) is 21.8. The quantitative estimate of drug-likeness (QED) is 0.525. The van der Waals surface area contributed by atoms with Crippen LogP contribution in [0, 0.1) is 39.9 Å². The molecule has 4 nitrogen and oxygen atoms in total. The number of fused-ring (bicyclic) bond motifs is 2. The van der Waals surface area contributed by atoms with Crippen LogP contribution in [-0.4, -0.2) is 44.8 Å². The van der Waals surface area contributed by atoms with Crippen LogP contribution in [0.25, 0.3) is 0 Å². The van der Waals surface area contributed by atoms with E-state index < -0.39 is 24.4 Å². The van der Waals surface area contributed by atoms with Gasteiger partial charge in [-0.3, -0.25) is 0 Å². The molecular weight excluding hydrogens is 364 g/mol. The molecule has 166 valence electrons. The summed E-state index contributed by atoms with van der Waals surface area (Å²) < 4.78 is 0. The van der Waals surface area contributed by atoms with Crippen LogP contribution in [0.4, 0.5) is 0 Å². The molecule has 0 aromatic rings. The maximum atomic E-state index is 10.9. The van der Waals surface area contributed by atoms with Crippen LogP contribution in [0.15, 0.2) is 11.6 Å². The van der Waals surface area contributed by atoms with E-state index in [1.165, 1.54) is 32.6 Å². The minimum atomic E-state index is -1.68. The number of hydrogen-bond acceptors (Lipinski definition) is 4. The second kappa shape index (κ2) is 6.79. The zero-order valence-electron chi connectivity index (χ0n) is 19.0. The Morgan fingerprint density at radius 2 is 1.79 bits per heavy atom. The molecule has 10 atom stereocenters. The lowest BCUT2D eigenvalue weighted by atomic mass is 9.50. The third-order valence-electron chi connectivity index (χ3n) is 10.1. The molecule has 0 aliphatic heterocycles. The highest BCUT2D eigenvalue weighted by Gasteiger charge is 2.67. The Kier molecular flexibility index (Phi) is 5.10. The Labute approximate surface area is 176 Å². The van der Waals surface area contributed by atoms with Gasteiger partial charge in [-0.25, -0.2) is 0 Å². The highest BCUT2D eigenvalue weighted by molar-refractivity contribution is 5.35. The van der Waals surface area contributed by atoms with Gasteiger partial charge >= 0.3 is 0 Å². The van der Waals surface area contributed by atoms with Crippen LogP contribution in [0.2, 0.25) is 0 Å². The third kappa shape index (κ3) is 2.92. The largest absolute Gasteiger partial charge is 0.393 e. The van der Waals surface area contributed by atoms with E-state index in [1.807, 2.05) is 0 Å². The summed E-state index contributed by atoms with van der Waals surface area (Å²) in [7, 11) is 0. The van der Waals surface area contributed by atoms with Gasteiger partial charge in [0.05, 0.1) is 12.7 Å². The van der Waals surface area contributed by atoms with Crippen LogP contribution >= 0.6 is 0 Å². The van der Waals surface area contributed by atoms with E-state index in [1.54, 1.807) is 5.57 Å². The summed E-state index contributed by atoms with van der Waals surface area (Å²) >= 11 is 0. The zero-order chi connectivity index (χ0) is 21.4. The van der Waals surface area contributed by atoms with Gasteiger partial charge in [0.15, 0.2) is 0 Å². The predicted octanol–water partition coefficient (Wildman–Crippen LogP) is 3.67. The van der Waals surface area contributed by atoms with Crippen molar-refractivity contribution in [2.45, 2.75) is 97.4 Å². The van der Waals surface area contributed by atoms with E-state index >= 15 is 0 Å². The van der Waals surface area contributed by atoms with E-state index in [9.17, 15) is 20.4 Å². The molecule has 4 N–H and O–H groups in total. The van der Waals surface area contributed by atoms with Gasteiger partial charge in [-0.15, -0.1) is 0 Å². The molecule has 0 bridgehead atoms. The van der Waals surface area contributed by atoms with Crippen molar-refractivity contribution < 1.29 is 20.4 Å². The van der Waals surface area contributed by atoms with E-state index in [-0.39, 0.29) is 10.8 Å². The molecule has 0 saturated heterocycles. The zero-order valence-corrected chi connectivity index (χ0v) is 19.0. The second-order valence-electron chi connectivity index (χ2n) is 12.0. The third-order valence-corrected chi connectivity index (χ3v) is 10.1. The number of aliphatic hydroxyl groups excluding tert-OH is 3. The van der Waals surface area contributed by atoms with Crippen LogP contribution in [0.5, 0.6) is 0 Å². The first-order valence-corrected chi connectivity index (χ1v) is 11.8. The molecule has 0 aromatic heterocycles.